The molecule has 2 aromatic rings. The van der Waals surface area contributed by atoms with Crippen molar-refractivity contribution in [3.05, 3.63) is 68.4 Å². The van der Waals surface area contributed by atoms with Crippen LogP contribution < -0.4 is 5.32 Å². The summed E-state index contributed by atoms with van der Waals surface area (Å²) in [5, 5.41) is 15.0. The zero-order valence-electron chi connectivity index (χ0n) is 16.0. The molecule has 6 heteroatoms. The summed E-state index contributed by atoms with van der Waals surface area (Å²) in [6.45, 7) is 6.92. The molecule has 2 aromatic carbocycles. The van der Waals surface area contributed by atoms with E-state index >= 15 is 4.39 Å². The minimum atomic E-state index is -1.14. The van der Waals surface area contributed by atoms with E-state index in [2.05, 4.69) is 32.2 Å². The van der Waals surface area contributed by atoms with Gasteiger partial charge in [-0.15, -0.1) is 0 Å². The van der Waals surface area contributed by atoms with Gasteiger partial charge >= 0.3 is 0 Å². The summed E-state index contributed by atoms with van der Waals surface area (Å²) in [6, 6.07) is 11.8. The summed E-state index contributed by atoms with van der Waals surface area (Å²) in [7, 11) is 0. The second kappa shape index (κ2) is 7.84. The fourth-order valence-electron chi connectivity index (χ4n) is 4.31. The third-order valence-corrected chi connectivity index (χ3v) is 6.45. The average molecular weight is 440 g/mol. The molecule has 1 fully saturated rings. The highest BCUT2D eigenvalue weighted by atomic mass is 35.5. The number of nitrogens with one attached hydrogen (secondary N) is 1. The molecule has 0 saturated carbocycles. The second-order valence-electron chi connectivity index (χ2n) is 8.55. The topological polar surface area (TPSA) is 35.8 Å². The quantitative estimate of drug-likeness (QED) is 0.562. The number of nitriles is 1. The van der Waals surface area contributed by atoms with Gasteiger partial charge in [0.2, 0.25) is 0 Å². The molecule has 0 aromatic heterocycles. The van der Waals surface area contributed by atoms with Gasteiger partial charge in [0.25, 0.3) is 0 Å². The summed E-state index contributed by atoms with van der Waals surface area (Å²) in [5.74, 6) is -0.604. The summed E-state index contributed by atoms with van der Waals surface area (Å²) in [6.07, 6.45) is 0.740. The zero-order chi connectivity index (χ0) is 20.7. The van der Waals surface area contributed by atoms with Gasteiger partial charge < -0.3 is 5.32 Å². The Morgan fingerprint density at radius 2 is 1.93 bits per heavy atom. The Balaban J connectivity index is 2.25. The Morgan fingerprint density at radius 1 is 1.21 bits per heavy atom. The van der Waals surface area contributed by atoms with Crippen LogP contribution in [-0.2, 0) is 5.41 Å². The number of benzene rings is 2. The molecule has 0 unspecified atom stereocenters. The zero-order valence-corrected chi connectivity index (χ0v) is 18.3. The lowest BCUT2D eigenvalue weighted by Crippen LogP contribution is -2.39. The molecular formula is C22H22Cl3FN2. The Bertz CT molecular complexity index is 932. The van der Waals surface area contributed by atoms with E-state index in [1.807, 2.05) is 6.07 Å². The van der Waals surface area contributed by atoms with Gasteiger partial charge in [-0.05, 0) is 41.5 Å². The summed E-state index contributed by atoms with van der Waals surface area (Å²) in [4.78, 5) is 0. The Morgan fingerprint density at radius 3 is 2.54 bits per heavy atom. The van der Waals surface area contributed by atoms with Crippen LogP contribution >= 0.6 is 34.8 Å². The van der Waals surface area contributed by atoms with Gasteiger partial charge in [-0.1, -0.05) is 73.8 Å². The average Bonchev–Trinajstić information content (AvgIpc) is 2.94. The Kier molecular flexibility index (Phi) is 5.99. The first-order valence-electron chi connectivity index (χ1n) is 9.14. The number of hydrogen-bond acceptors (Lipinski definition) is 2. The van der Waals surface area contributed by atoms with Gasteiger partial charge in [-0.25, -0.2) is 4.39 Å². The number of nitrogens with zero attached hydrogens (tertiary/aromatic N) is 1. The van der Waals surface area contributed by atoms with Crippen LogP contribution in [0.15, 0.2) is 36.4 Å². The van der Waals surface area contributed by atoms with Crippen LogP contribution in [0.25, 0.3) is 0 Å². The predicted molar refractivity (Wildman–Crippen MR) is 113 cm³/mol. The van der Waals surface area contributed by atoms with Crippen molar-refractivity contribution in [2.24, 2.45) is 11.3 Å². The molecule has 2 nitrogen and oxygen atoms in total. The summed E-state index contributed by atoms with van der Waals surface area (Å²) >= 11 is 18.7. The minimum absolute atomic E-state index is 0.0373. The van der Waals surface area contributed by atoms with E-state index in [-0.39, 0.29) is 11.3 Å². The molecule has 0 spiro atoms. The normalized spacial score (nSPS) is 24.9. The van der Waals surface area contributed by atoms with Crippen molar-refractivity contribution in [3.8, 4) is 6.07 Å². The lowest BCUT2D eigenvalue weighted by atomic mass is 9.63. The van der Waals surface area contributed by atoms with Crippen molar-refractivity contribution in [2.45, 2.75) is 38.6 Å². The van der Waals surface area contributed by atoms with Crippen LogP contribution in [0, 0.1) is 28.5 Å². The first-order valence-corrected chi connectivity index (χ1v) is 10.3. The molecule has 1 heterocycles. The van der Waals surface area contributed by atoms with E-state index in [1.165, 1.54) is 6.07 Å². The Labute approximate surface area is 180 Å². The molecular weight excluding hydrogens is 418 g/mol. The lowest BCUT2D eigenvalue weighted by Gasteiger charge is -2.37. The highest BCUT2D eigenvalue weighted by Crippen LogP contribution is 2.53. The summed E-state index contributed by atoms with van der Waals surface area (Å²) in [5.41, 5.74) is -0.151. The molecule has 148 valence electrons. The Hall–Kier alpha value is -1.31. The van der Waals surface area contributed by atoms with E-state index in [9.17, 15) is 5.26 Å². The monoisotopic (exact) mass is 438 g/mol. The van der Waals surface area contributed by atoms with E-state index in [0.717, 1.165) is 6.42 Å². The third kappa shape index (κ3) is 3.76. The van der Waals surface area contributed by atoms with E-state index in [1.54, 1.807) is 24.3 Å². The largest absolute Gasteiger partial charge is 0.308 e. The molecule has 1 aliphatic rings. The smallest absolute Gasteiger partial charge is 0.129 e. The van der Waals surface area contributed by atoms with Crippen LogP contribution in [0.5, 0.6) is 0 Å². The van der Waals surface area contributed by atoms with Crippen molar-refractivity contribution >= 4 is 34.8 Å². The van der Waals surface area contributed by atoms with Gasteiger partial charge in [0.15, 0.2) is 0 Å². The molecule has 1 aliphatic heterocycles. The van der Waals surface area contributed by atoms with Gasteiger partial charge in [-0.3, -0.25) is 0 Å². The molecule has 1 saturated heterocycles. The maximum atomic E-state index is 15.1. The molecule has 0 amide bonds. The number of rotatable bonds is 3. The molecule has 3 atom stereocenters. The van der Waals surface area contributed by atoms with Crippen molar-refractivity contribution in [1.29, 1.82) is 5.26 Å². The maximum absolute atomic E-state index is 15.1. The van der Waals surface area contributed by atoms with Crippen LogP contribution in [0.2, 0.25) is 15.1 Å². The van der Waals surface area contributed by atoms with Gasteiger partial charge in [0.05, 0.1) is 22.2 Å². The minimum Gasteiger partial charge on any atom is -0.308 e. The lowest BCUT2D eigenvalue weighted by molar-refractivity contribution is 0.247. The van der Waals surface area contributed by atoms with Crippen LogP contribution in [0.3, 0.4) is 0 Å². The second-order valence-corrected chi connectivity index (χ2v) is 9.77. The van der Waals surface area contributed by atoms with Gasteiger partial charge in [0, 0.05) is 17.1 Å². The van der Waals surface area contributed by atoms with Crippen LogP contribution in [-0.4, -0.2) is 6.54 Å². The number of halogens is 4. The van der Waals surface area contributed by atoms with Gasteiger partial charge in [-0.2, -0.15) is 5.26 Å². The predicted octanol–water partition coefficient (Wildman–Crippen LogP) is 6.94. The van der Waals surface area contributed by atoms with Gasteiger partial charge in [0.1, 0.15) is 11.2 Å². The fraction of sp³-hybridized carbons (Fsp3) is 0.409. The summed E-state index contributed by atoms with van der Waals surface area (Å²) < 4.78 is 15.1. The van der Waals surface area contributed by atoms with E-state index in [0.29, 0.717) is 32.7 Å². The van der Waals surface area contributed by atoms with E-state index in [4.69, 9.17) is 34.8 Å². The molecule has 0 radical (unpaired) electrons. The molecule has 1 N–H and O–H groups in total. The first-order chi connectivity index (χ1) is 13.1. The highest BCUT2D eigenvalue weighted by molar-refractivity contribution is 6.42. The third-order valence-electron chi connectivity index (χ3n) is 5.38. The highest BCUT2D eigenvalue weighted by Gasteiger charge is 2.55. The van der Waals surface area contributed by atoms with Crippen molar-refractivity contribution in [3.63, 3.8) is 0 Å². The van der Waals surface area contributed by atoms with Crippen molar-refractivity contribution in [1.82, 2.24) is 5.32 Å². The molecule has 28 heavy (non-hydrogen) atoms. The molecule has 0 aliphatic carbocycles. The number of hydrogen-bond donors (Lipinski definition) is 1. The standard InChI is InChI=1S/C22H22Cl3FN2/c1-21(2,3)10-13-11-28-20(15-5-4-6-17(24)19(15)25)22(13,12-27)16-8-7-14(23)9-18(16)26/h4-9,13,20,28H,10-11H2,1-3H3/t13-,20-,22-/m1/s1. The van der Waals surface area contributed by atoms with Crippen molar-refractivity contribution < 1.29 is 4.39 Å². The maximum Gasteiger partial charge on any atom is 0.129 e. The molecule has 3 rings (SSSR count). The molecule has 0 bridgehead atoms. The van der Waals surface area contributed by atoms with E-state index < -0.39 is 17.3 Å². The first kappa shape index (κ1) is 21.4. The van der Waals surface area contributed by atoms with Crippen LogP contribution in [0.4, 0.5) is 4.39 Å². The van der Waals surface area contributed by atoms with Crippen molar-refractivity contribution in [2.75, 3.05) is 6.54 Å². The SMILES string of the molecule is CC(C)(C)C[C@@H]1CN[C@H](c2cccc(Cl)c2Cl)[C@@]1(C#N)c1ccc(Cl)cc1F. The fourth-order valence-corrected chi connectivity index (χ4v) is 4.88. The van der Waals surface area contributed by atoms with Crippen LogP contribution in [0.1, 0.15) is 44.4 Å².